The van der Waals surface area contributed by atoms with E-state index in [9.17, 15) is 13.6 Å². The molecule has 3 aromatic rings. The number of rotatable bonds is 3. The van der Waals surface area contributed by atoms with Crippen molar-refractivity contribution in [2.45, 2.75) is 6.54 Å². The first-order chi connectivity index (χ1) is 9.69. The van der Waals surface area contributed by atoms with Crippen LogP contribution >= 0.6 is 0 Å². The van der Waals surface area contributed by atoms with Crippen molar-refractivity contribution in [1.29, 1.82) is 0 Å². The molecule has 0 bridgehead atoms. The Morgan fingerprint density at radius 2 is 1.90 bits per heavy atom. The average molecular weight is 271 g/mol. The van der Waals surface area contributed by atoms with Gasteiger partial charge in [0.25, 0.3) is 0 Å². The van der Waals surface area contributed by atoms with Crippen molar-refractivity contribution >= 4 is 17.2 Å². The number of hydrogen-bond acceptors (Lipinski definition) is 1. The molecule has 0 saturated carbocycles. The van der Waals surface area contributed by atoms with E-state index < -0.39 is 11.6 Å². The van der Waals surface area contributed by atoms with Gasteiger partial charge in [0.05, 0.1) is 6.54 Å². The van der Waals surface area contributed by atoms with Crippen LogP contribution in [0, 0.1) is 11.6 Å². The van der Waals surface area contributed by atoms with Crippen molar-refractivity contribution in [2.75, 3.05) is 0 Å². The number of benzene rings is 2. The van der Waals surface area contributed by atoms with E-state index in [-0.39, 0.29) is 12.1 Å². The molecule has 2 nitrogen and oxygen atoms in total. The maximum absolute atomic E-state index is 13.7. The van der Waals surface area contributed by atoms with E-state index in [4.69, 9.17) is 0 Å². The fourth-order valence-electron chi connectivity index (χ4n) is 2.35. The third-order valence-corrected chi connectivity index (χ3v) is 3.29. The van der Waals surface area contributed by atoms with Gasteiger partial charge in [0.2, 0.25) is 0 Å². The van der Waals surface area contributed by atoms with E-state index >= 15 is 0 Å². The molecular formula is C16H11F2NO. The van der Waals surface area contributed by atoms with Gasteiger partial charge in [0, 0.05) is 28.2 Å². The van der Waals surface area contributed by atoms with Crippen molar-refractivity contribution in [3.05, 3.63) is 71.4 Å². The second kappa shape index (κ2) is 4.89. The molecule has 1 heterocycles. The van der Waals surface area contributed by atoms with Crippen LogP contribution in [-0.2, 0) is 6.54 Å². The summed E-state index contributed by atoms with van der Waals surface area (Å²) in [5.74, 6) is -0.940. The molecular weight excluding hydrogens is 260 g/mol. The number of para-hydroxylation sites is 1. The Balaban J connectivity index is 2.11. The van der Waals surface area contributed by atoms with Crippen molar-refractivity contribution in [3.63, 3.8) is 0 Å². The molecule has 100 valence electrons. The lowest BCUT2D eigenvalue weighted by Gasteiger charge is -2.07. The number of hydrogen-bond donors (Lipinski definition) is 0. The molecule has 0 radical (unpaired) electrons. The molecule has 0 spiro atoms. The molecule has 20 heavy (non-hydrogen) atoms. The minimum atomic E-state index is -0.478. The lowest BCUT2D eigenvalue weighted by atomic mass is 10.2. The van der Waals surface area contributed by atoms with Crippen LogP contribution in [0.5, 0.6) is 0 Å². The number of carbonyl (C=O) groups is 1. The molecule has 0 aliphatic rings. The predicted octanol–water partition coefficient (Wildman–Crippen LogP) is 3.78. The standard InChI is InChI=1S/C16H11F2NO/c17-13-5-6-15(18)11(7-13)8-19-9-12(10-20)14-3-1-2-4-16(14)19/h1-7,9-10H,8H2. The highest BCUT2D eigenvalue weighted by Crippen LogP contribution is 2.22. The summed E-state index contributed by atoms with van der Waals surface area (Å²) < 4.78 is 28.6. The zero-order valence-corrected chi connectivity index (χ0v) is 10.5. The second-order valence-electron chi connectivity index (χ2n) is 4.58. The predicted molar refractivity (Wildman–Crippen MR) is 72.8 cm³/mol. The summed E-state index contributed by atoms with van der Waals surface area (Å²) >= 11 is 0. The van der Waals surface area contributed by atoms with Gasteiger partial charge in [-0.1, -0.05) is 18.2 Å². The normalized spacial score (nSPS) is 10.9. The Kier molecular flexibility index (Phi) is 3.06. The van der Waals surface area contributed by atoms with Crippen LogP contribution in [0.4, 0.5) is 8.78 Å². The van der Waals surface area contributed by atoms with E-state index in [0.29, 0.717) is 5.56 Å². The molecule has 0 saturated heterocycles. The Bertz CT molecular complexity index is 792. The van der Waals surface area contributed by atoms with Crippen LogP contribution in [-0.4, -0.2) is 10.9 Å². The molecule has 3 rings (SSSR count). The van der Waals surface area contributed by atoms with Gasteiger partial charge in [-0.15, -0.1) is 0 Å². The summed E-state index contributed by atoms with van der Waals surface area (Å²) in [6.07, 6.45) is 2.42. The topological polar surface area (TPSA) is 22.0 Å². The number of aldehydes is 1. The van der Waals surface area contributed by atoms with Crippen molar-refractivity contribution in [3.8, 4) is 0 Å². The fourth-order valence-corrected chi connectivity index (χ4v) is 2.35. The van der Waals surface area contributed by atoms with Gasteiger partial charge >= 0.3 is 0 Å². The van der Waals surface area contributed by atoms with Crippen molar-refractivity contribution < 1.29 is 13.6 Å². The zero-order chi connectivity index (χ0) is 14.1. The minimum absolute atomic E-state index is 0.179. The van der Waals surface area contributed by atoms with Gasteiger partial charge in [-0.3, -0.25) is 4.79 Å². The summed E-state index contributed by atoms with van der Waals surface area (Å²) in [6, 6.07) is 10.7. The molecule has 0 unspecified atom stereocenters. The first-order valence-electron chi connectivity index (χ1n) is 6.16. The number of fused-ring (bicyclic) bond motifs is 1. The highest BCUT2D eigenvalue weighted by Gasteiger charge is 2.10. The molecule has 0 atom stereocenters. The Hall–Kier alpha value is -2.49. The van der Waals surface area contributed by atoms with Crippen LogP contribution < -0.4 is 0 Å². The van der Waals surface area contributed by atoms with E-state index in [2.05, 4.69) is 0 Å². The first kappa shape index (κ1) is 12.5. The van der Waals surface area contributed by atoms with Crippen molar-refractivity contribution in [2.24, 2.45) is 0 Å². The van der Waals surface area contributed by atoms with Gasteiger partial charge in [0.1, 0.15) is 11.6 Å². The van der Waals surface area contributed by atoms with Crippen molar-refractivity contribution in [1.82, 2.24) is 4.57 Å². The average Bonchev–Trinajstić information content (AvgIpc) is 2.81. The lowest BCUT2D eigenvalue weighted by molar-refractivity contribution is 0.112. The molecule has 1 aromatic heterocycles. The molecule has 0 fully saturated rings. The van der Waals surface area contributed by atoms with Gasteiger partial charge in [-0.25, -0.2) is 8.78 Å². The minimum Gasteiger partial charge on any atom is -0.342 e. The molecule has 2 aromatic carbocycles. The van der Waals surface area contributed by atoms with E-state index in [1.165, 1.54) is 6.07 Å². The third kappa shape index (κ3) is 2.09. The molecule has 4 heteroatoms. The smallest absolute Gasteiger partial charge is 0.152 e. The Labute approximate surface area is 114 Å². The summed E-state index contributed by atoms with van der Waals surface area (Å²) in [5, 5.41) is 0.805. The summed E-state index contributed by atoms with van der Waals surface area (Å²) in [5.41, 5.74) is 1.61. The van der Waals surface area contributed by atoms with Crippen LogP contribution in [0.15, 0.2) is 48.7 Å². The van der Waals surface area contributed by atoms with Gasteiger partial charge in [0.15, 0.2) is 6.29 Å². The first-order valence-corrected chi connectivity index (χ1v) is 6.16. The Morgan fingerprint density at radius 1 is 1.10 bits per heavy atom. The SMILES string of the molecule is O=Cc1cn(Cc2cc(F)ccc2F)c2ccccc12. The second-order valence-corrected chi connectivity index (χ2v) is 4.58. The molecule has 0 amide bonds. The van der Waals surface area contributed by atoms with E-state index in [1.54, 1.807) is 10.8 Å². The monoisotopic (exact) mass is 271 g/mol. The van der Waals surface area contributed by atoms with Gasteiger partial charge in [-0.2, -0.15) is 0 Å². The Morgan fingerprint density at radius 3 is 2.70 bits per heavy atom. The largest absolute Gasteiger partial charge is 0.342 e. The van der Waals surface area contributed by atoms with Crippen LogP contribution in [0.25, 0.3) is 10.9 Å². The number of aromatic nitrogens is 1. The number of halogens is 2. The summed E-state index contributed by atoms with van der Waals surface area (Å²) in [7, 11) is 0. The third-order valence-electron chi connectivity index (χ3n) is 3.29. The van der Waals surface area contributed by atoms with Crippen LogP contribution in [0.3, 0.4) is 0 Å². The summed E-state index contributed by atoms with van der Waals surface area (Å²) in [6.45, 7) is 0.179. The van der Waals surface area contributed by atoms with Gasteiger partial charge < -0.3 is 4.57 Å². The van der Waals surface area contributed by atoms with E-state index in [0.717, 1.165) is 29.3 Å². The molecule has 0 N–H and O–H groups in total. The summed E-state index contributed by atoms with van der Waals surface area (Å²) in [4.78, 5) is 11.1. The van der Waals surface area contributed by atoms with Gasteiger partial charge in [-0.05, 0) is 24.3 Å². The lowest BCUT2D eigenvalue weighted by Crippen LogP contribution is -2.01. The highest BCUT2D eigenvalue weighted by atomic mass is 19.1. The fraction of sp³-hybridized carbons (Fsp3) is 0.0625. The molecule has 0 aliphatic carbocycles. The maximum Gasteiger partial charge on any atom is 0.152 e. The van der Waals surface area contributed by atoms with E-state index in [1.807, 2.05) is 24.3 Å². The van der Waals surface area contributed by atoms with Crippen LogP contribution in [0.1, 0.15) is 15.9 Å². The maximum atomic E-state index is 13.7. The van der Waals surface area contributed by atoms with Crippen LogP contribution in [0.2, 0.25) is 0 Å². The number of nitrogens with zero attached hydrogens (tertiary/aromatic N) is 1. The number of carbonyl (C=O) groups excluding carboxylic acids is 1. The molecule has 0 aliphatic heterocycles. The zero-order valence-electron chi connectivity index (χ0n) is 10.5. The highest BCUT2D eigenvalue weighted by molar-refractivity contribution is 5.97. The quantitative estimate of drug-likeness (QED) is 0.664.